The van der Waals surface area contributed by atoms with E-state index in [2.05, 4.69) is 5.32 Å². The lowest BCUT2D eigenvalue weighted by Crippen LogP contribution is -2.23. The van der Waals surface area contributed by atoms with Crippen molar-refractivity contribution in [3.05, 3.63) is 64.1 Å². The van der Waals surface area contributed by atoms with E-state index in [0.29, 0.717) is 0 Å². The Morgan fingerprint density at radius 2 is 2.05 bits per heavy atom. The number of thiophene rings is 1. The number of carbonyl (C=O) groups excluding carboxylic acids is 1. The van der Waals surface area contributed by atoms with Gasteiger partial charge in [0, 0.05) is 11.0 Å². The van der Waals surface area contributed by atoms with E-state index in [1.54, 1.807) is 29.5 Å². The number of hydrogen-bond donors (Lipinski definition) is 1. The Labute approximate surface area is 115 Å². The summed E-state index contributed by atoms with van der Waals surface area (Å²) in [5.74, 6) is -0.446. The largest absolute Gasteiger partial charge is 0.345 e. The summed E-state index contributed by atoms with van der Waals surface area (Å²) in [5, 5.41) is 4.85. The molecule has 0 saturated heterocycles. The fourth-order valence-corrected chi connectivity index (χ4v) is 2.35. The SMILES string of the molecule is CC(NC(=O)/C=C/c1ccc(F)cc1)c1cccs1. The van der Waals surface area contributed by atoms with Crippen LogP contribution in [0.5, 0.6) is 0 Å². The highest BCUT2D eigenvalue weighted by Crippen LogP contribution is 2.17. The molecule has 2 rings (SSSR count). The second-order valence-electron chi connectivity index (χ2n) is 4.13. The van der Waals surface area contributed by atoms with Gasteiger partial charge in [0.2, 0.25) is 5.91 Å². The van der Waals surface area contributed by atoms with Crippen LogP contribution in [0.25, 0.3) is 6.08 Å². The lowest BCUT2D eigenvalue weighted by atomic mass is 10.2. The monoisotopic (exact) mass is 275 g/mol. The minimum Gasteiger partial charge on any atom is -0.345 e. The number of hydrogen-bond acceptors (Lipinski definition) is 2. The maximum Gasteiger partial charge on any atom is 0.244 e. The molecule has 0 bridgehead atoms. The summed E-state index contributed by atoms with van der Waals surface area (Å²) >= 11 is 1.61. The van der Waals surface area contributed by atoms with Crippen molar-refractivity contribution in [2.45, 2.75) is 13.0 Å². The Kier molecular flexibility index (Phi) is 4.47. The molecule has 1 N–H and O–H groups in total. The van der Waals surface area contributed by atoms with Gasteiger partial charge in [-0.2, -0.15) is 0 Å². The lowest BCUT2D eigenvalue weighted by molar-refractivity contribution is -0.117. The van der Waals surface area contributed by atoms with Crippen molar-refractivity contribution >= 4 is 23.3 Å². The van der Waals surface area contributed by atoms with Crippen LogP contribution in [0, 0.1) is 5.82 Å². The standard InChI is InChI=1S/C15H14FNOS/c1-11(14-3-2-10-19-14)17-15(18)9-6-12-4-7-13(16)8-5-12/h2-11H,1H3,(H,17,18)/b9-6+. The molecule has 2 nitrogen and oxygen atoms in total. The number of benzene rings is 1. The quantitative estimate of drug-likeness (QED) is 0.845. The maximum absolute atomic E-state index is 12.7. The van der Waals surface area contributed by atoms with E-state index in [1.807, 2.05) is 24.4 Å². The van der Waals surface area contributed by atoms with E-state index >= 15 is 0 Å². The molecule has 1 heterocycles. The molecule has 1 aromatic carbocycles. The van der Waals surface area contributed by atoms with Crippen LogP contribution >= 0.6 is 11.3 Å². The second-order valence-corrected chi connectivity index (χ2v) is 5.11. The van der Waals surface area contributed by atoms with Gasteiger partial charge in [0.05, 0.1) is 6.04 Å². The zero-order valence-corrected chi connectivity index (χ0v) is 11.3. The van der Waals surface area contributed by atoms with E-state index in [4.69, 9.17) is 0 Å². The van der Waals surface area contributed by atoms with Crippen molar-refractivity contribution in [3.8, 4) is 0 Å². The molecule has 1 atom stereocenters. The van der Waals surface area contributed by atoms with Gasteiger partial charge in [-0.3, -0.25) is 4.79 Å². The predicted molar refractivity (Wildman–Crippen MR) is 76.3 cm³/mol. The summed E-state index contributed by atoms with van der Waals surface area (Å²) in [5.41, 5.74) is 0.792. The normalized spacial score (nSPS) is 12.5. The minimum atomic E-state index is -0.284. The smallest absolute Gasteiger partial charge is 0.244 e. The molecular formula is C15H14FNOS. The van der Waals surface area contributed by atoms with Crippen molar-refractivity contribution in [3.63, 3.8) is 0 Å². The molecule has 0 radical (unpaired) electrons. The topological polar surface area (TPSA) is 29.1 Å². The highest BCUT2D eigenvalue weighted by atomic mass is 32.1. The van der Waals surface area contributed by atoms with Gasteiger partial charge in [0.15, 0.2) is 0 Å². The highest BCUT2D eigenvalue weighted by Gasteiger charge is 2.07. The molecule has 1 amide bonds. The molecular weight excluding hydrogens is 261 g/mol. The Bertz CT molecular complexity index is 560. The van der Waals surface area contributed by atoms with Crippen LogP contribution < -0.4 is 5.32 Å². The van der Waals surface area contributed by atoms with Gasteiger partial charge < -0.3 is 5.32 Å². The van der Waals surface area contributed by atoms with Crippen LogP contribution in [0.15, 0.2) is 47.9 Å². The zero-order chi connectivity index (χ0) is 13.7. The van der Waals surface area contributed by atoms with E-state index in [-0.39, 0.29) is 17.8 Å². The Morgan fingerprint density at radius 3 is 2.68 bits per heavy atom. The third-order valence-electron chi connectivity index (χ3n) is 2.63. The molecule has 0 spiro atoms. The first-order valence-electron chi connectivity index (χ1n) is 5.93. The van der Waals surface area contributed by atoms with E-state index in [0.717, 1.165) is 10.4 Å². The molecule has 98 valence electrons. The number of nitrogens with one attached hydrogen (secondary N) is 1. The number of rotatable bonds is 4. The average Bonchev–Trinajstić information content (AvgIpc) is 2.92. The summed E-state index contributed by atoms with van der Waals surface area (Å²) < 4.78 is 12.7. The predicted octanol–water partition coefficient (Wildman–Crippen LogP) is 3.78. The Morgan fingerprint density at radius 1 is 1.32 bits per heavy atom. The van der Waals surface area contributed by atoms with Gasteiger partial charge in [0.1, 0.15) is 5.82 Å². The van der Waals surface area contributed by atoms with Crippen molar-refractivity contribution in [1.29, 1.82) is 0 Å². The van der Waals surface area contributed by atoms with Crippen LogP contribution in [0.1, 0.15) is 23.4 Å². The maximum atomic E-state index is 12.7. The van der Waals surface area contributed by atoms with E-state index in [1.165, 1.54) is 18.2 Å². The summed E-state index contributed by atoms with van der Waals surface area (Å²) in [6, 6.07) is 9.92. The highest BCUT2D eigenvalue weighted by molar-refractivity contribution is 7.10. The molecule has 0 saturated carbocycles. The molecule has 0 aliphatic rings. The van der Waals surface area contributed by atoms with Gasteiger partial charge in [-0.25, -0.2) is 4.39 Å². The molecule has 0 fully saturated rings. The van der Waals surface area contributed by atoms with Gasteiger partial charge in [0.25, 0.3) is 0 Å². The number of amides is 1. The zero-order valence-electron chi connectivity index (χ0n) is 10.5. The lowest BCUT2D eigenvalue weighted by Gasteiger charge is -2.09. The van der Waals surface area contributed by atoms with Crippen LogP contribution in [0.4, 0.5) is 4.39 Å². The van der Waals surface area contributed by atoms with Crippen molar-refractivity contribution in [2.24, 2.45) is 0 Å². The van der Waals surface area contributed by atoms with E-state index in [9.17, 15) is 9.18 Å². The first-order chi connectivity index (χ1) is 9.15. The minimum absolute atomic E-state index is 0.00892. The third-order valence-corrected chi connectivity index (χ3v) is 3.68. The summed E-state index contributed by atoms with van der Waals surface area (Å²) in [6.45, 7) is 1.94. The molecule has 4 heteroatoms. The Hall–Kier alpha value is -1.94. The van der Waals surface area contributed by atoms with Gasteiger partial charge in [-0.05, 0) is 42.1 Å². The fourth-order valence-electron chi connectivity index (χ4n) is 1.62. The fraction of sp³-hybridized carbons (Fsp3) is 0.133. The molecule has 0 aliphatic heterocycles. The first-order valence-corrected chi connectivity index (χ1v) is 6.80. The van der Waals surface area contributed by atoms with Crippen LogP contribution in [0.3, 0.4) is 0 Å². The summed E-state index contributed by atoms with van der Waals surface area (Å²) in [7, 11) is 0. The summed E-state index contributed by atoms with van der Waals surface area (Å²) in [4.78, 5) is 12.8. The summed E-state index contributed by atoms with van der Waals surface area (Å²) in [6.07, 6.45) is 3.12. The van der Waals surface area contributed by atoms with Crippen LogP contribution in [-0.4, -0.2) is 5.91 Å². The molecule has 1 aromatic heterocycles. The van der Waals surface area contributed by atoms with Crippen molar-refractivity contribution in [1.82, 2.24) is 5.32 Å². The number of halogens is 1. The molecule has 19 heavy (non-hydrogen) atoms. The van der Waals surface area contributed by atoms with E-state index < -0.39 is 0 Å². The van der Waals surface area contributed by atoms with Crippen LogP contribution in [-0.2, 0) is 4.79 Å². The molecule has 0 aliphatic carbocycles. The molecule has 2 aromatic rings. The van der Waals surface area contributed by atoms with Gasteiger partial charge in [-0.15, -0.1) is 11.3 Å². The van der Waals surface area contributed by atoms with Crippen LogP contribution in [0.2, 0.25) is 0 Å². The Balaban J connectivity index is 1.92. The third kappa shape index (κ3) is 4.03. The second kappa shape index (κ2) is 6.29. The number of carbonyl (C=O) groups is 1. The molecule has 1 unspecified atom stereocenters. The first kappa shape index (κ1) is 13.5. The van der Waals surface area contributed by atoms with Gasteiger partial charge in [-0.1, -0.05) is 18.2 Å². The van der Waals surface area contributed by atoms with Gasteiger partial charge >= 0.3 is 0 Å². The van der Waals surface area contributed by atoms with Crippen molar-refractivity contribution in [2.75, 3.05) is 0 Å². The average molecular weight is 275 g/mol. The van der Waals surface area contributed by atoms with Crippen molar-refractivity contribution < 1.29 is 9.18 Å².